The van der Waals surface area contributed by atoms with Crippen LogP contribution in [-0.2, 0) is 4.79 Å². The summed E-state index contributed by atoms with van der Waals surface area (Å²) >= 11 is 0. The molecule has 2 aliphatic carbocycles. The molecule has 2 aromatic rings. The molecule has 3 heterocycles. The number of nitrogens with one attached hydrogen (secondary N) is 2. The number of hydrazone groups is 2. The van der Waals surface area contributed by atoms with Gasteiger partial charge in [-0.15, -0.1) is 5.10 Å². The fraction of sp³-hybridized carbons (Fsp3) is 0.600. The molecule has 11 heteroatoms. The van der Waals surface area contributed by atoms with Crippen LogP contribution in [0.2, 0.25) is 0 Å². The van der Waals surface area contributed by atoms with E-state index in [0.717, 1.165) is 69.0 Å². The maximum absolute atomic E-state index is 13.2. The predicted molar refractivity (Wildman–Crippen MR) is 135 cm³/mol. The highest BCUT2D eigenvalue weighted by Crippen LogP contribution is 2.44. The molecule has 0 spiro atoms. The number of carbonyl (C=O) groups excluding carboxylic acids is 1. The van der Waals surface area contributed by atoms with E-state index >= 15 is 0 Å². The van der Waals surface area contributed by atoms with Crippen LogP contribution in [0, 0.1) is 0 Å². The molecule has 36 heavy (non-hydrogen) atoms. The van der Waals surface area contributed by atoms with Crippen LogP contribution in [0.1, 0.15) is 81.5 Å². The molecule has 1 aromatic carbocycles. The first-order valence-corrected chi connectivity index (χ1v) is 13.1. The van der Waals surface area contributed by atoms with Crippen LogP contribution in [0.5, 0.6) is 5.75 Å². The van der Waals surface area contributed by atoms with E-state index in [1.807, 2.05) is 19.1 Å². The molecule has 0 radical (unpaired) electrons. The van der Waals surface area contributed by atoms with E-state index in [-0.39, 0.29) is 29.5 Å². The lowest BCUT2D eigenvalue weighted by molar-refractivity contribution is -0.126. The molecule has 2 atom stereocenters. The Balaban J connectivity index is 1.13. The first-order valence-electron chi connectivity index (χ1n) is 13.1. The molecular weight excluding hydrogens is 458 g/mol. The average molecular weight is 492 g/mol. The fourth-order valence-electron chi connectivity index (χ4n) is 5.99. The number of carbonyl (C=O) groups is 1. The monoisotopic (exact) mass is 491 g/mol. The Hall–Kier alpha value is -3.34. The van der Waals surface area contributed by atoms with Gasteiger partial charge < -0.3 is 10.0 Å². The number of phenolic OH excluding ortho intramolecular Hbond substituents is 1. The SMILES string of the molecule is CC1=NN(C2CCN(C3CC3)CC2)C(=O)C1=NNc1cccc(C2CCCC(c3nnn[nH]3)C2)c1O. The third-order valence-corrected chi connectivity index (χ3v) is 8.14. The molecule has 2 unspecified atom stereocenters. The Kier molecular flexibility index (Phi) is 6.16. The van der Waals surface area contributed by atoms with Crippen molar-refractivity contribution in [1.82, 2.24) is 30.5 Å². The van der Waals surface area contributed by atoms with Crippen molar-refractivity contribution in [2.24, 2.45) is 10.2 Å². The molecule has 11 nitrogen and oxygen atoms in total. The number of para-hydroxylation sites is 1. The molecule has 1 aromatic heterocycles. The fourth-order valence-corrected chi connectivity index (χ4v) is 5.99. The Labute approximate surface area is 210 Å². The summed E-state index contributed by atoms with van der Waals surface area (Å²) in [5.74, 6) is 1.24. The van der Waals surface area contributed by atoms with Gasteiger partial charge in [0.05, 0.1) is 17.4 Å². The number of hydrogen-bond acceptors (Lipinski definition) is 9. The van der Waals surface area contributed by atoms with Crippen LogP contribution in [0.3, 0.4) is 0 Å². The summed E-state index contributed by atoms with van der Waals surface area (Å²) in [6, 6.07) is 6.53. The van der Waals surface area contributed by atoms with Crippen LogP contribution in [0.15, 0.2) is 28.4 Å². The van der Waals surface area contributed by atoms with Gasteiger partial charge in [0.1, 0.15) is 5.75 Å². The van der Waals surface area contributed by atoms with Crippen LogP contribution in [0.4, 0.5) is 5.69 Å². The summed E-state index contributed by atoms with van der Waals surface area (Å²) in [5, 5.41) is 36.1. The van der Waals surface area contributed by atoms with Crippen LogP contribution in [-0.4, -0.2) is 78.1 Å². The second-order valence-electron chi connectivity index (χ2n) is 10.5. The number of benzene rings is 1. The number of tetrazole rings is 1. The summed E-state index contributed by atoms with van der Waals surface area (Å²) in [5.41, 5.74) is 5.22. The zero-order valence-corrected chi connectivity index (χ0v) is 20.6. The average Bonchev–Trinajstić information content (AvgIpc) is 3.53. The molecule has 190 valence electrons. The van der Waals surface area contributed by atoms with Crippen LogP contribution in [0.25, 0.3) is 0 Å². The van der Waals surface area contributed by atoms with Gasteiger partial charge >= 0.3 is 0 Å². The summed E-state index contributed by atoms with van der Waals surface area (Å²) in [4.78, 5) is 15.7. The molecule has 6 rings (SSSR count). The van der Waals surface area contributed by atoms with Crippen molar-refractivity contribution in [3.63, 3.8) is 0 Å². The van der Waals surface area contributed by atoms with Gasteiger partial charge in [0.15, 0.2) is 11.5 Å². The largest absolute Gasteiger partial charge is 0.505 e. The standard InChI is InChI=1S/C25H33N9O2/c1-15-22(25(36)34(30-15)19-10-12-33(13-11-19)18-8-9-18)27-26-21-7-3-6-20(23(21)35)16-4-2-5-17(14-16)24-28-31-32-29-24/h3,6-7,16-19,26,35H,2,4-5,8-14H2,1H3,(H,28,29,31,32). The number of aromatic hydroxyl groups is 1. The smallest absolute Gasteiger partial charge is 0.296 e. The van der Waals surface area contributed by atoms with Crippen molar-refractivity contribution in [3.8, 4) is 5.75 Å². The van der Waals surface area contributed by atoms with Crippen molar-refractivity contribution in [2.45, 2.75) is 82.2 Å². The number of likely N-dealkylation sites (tertiary alicyclic amines) is 1. The Morgan fingerprint density at radius 2 is 1.89 bits per heavy atom. The second kappa shape index (κ2) is 9.61. The van der Waals surface area contributed by atoms with Crippen LogP contribution >= 0.6 is 0 Å². The Morgan fingerprint density at radius 3 is 2.64 bits per heavy atom. The number of anilines is 1. The number of aromatic nitrogens is 4. The minimum Gasteiger partial charge on any atom is -0.505 e. The number of hydrogen-bond donors (Lipinski definition) is 3. The molecule has 1 amide bonds. The summed E-state index contributed by atoms with van der Waals surface area (Å²) in [7, 11) is 0. The maximum Gasteiger partial charge on any atom is 0.296 e. The lowest BCUT2D eigenvalue weighted by Crippen LogP contribution is -2.45. The van der Waals surface area contributed by atoms with E-state index in [2.05, 4.69) is 41.2 Å². The van der Waals surface area contributed by atoms with Crippen molar-refractivity contribution < 1.29 is 9.90 Å². The molecule has 1 saturated heterocycles. The maximum atomic E-state index is 13.2. The molecular formula is C25H33N9O2. The van der Waals surface area contributed by atoms with E-state index < -0.39 is 0 Å². The van der Waals surface area contributed by atoms with Gasteiger partial charge in [-0.1, -0.05) is 18.6 Å². The third kappa shape index (κ3) is 4.47. The number of H-pyrrole nitrogens is 1. The van der Waals surface area contributed by atoms with E-state index in [9.17, 15) is 9.90 Å². The number of phenols is 1. The van der Waals surface area contributed by atoms with Gasteiger partial charge in [-0.2, -0.15) is 10.2 Å². The van der Waals surface area contributed by atoms with Crippen molar-refractivity contribution >= 4 is 23.0 Å². The normalized spacial score (nSPS) is 27.0. The van der Waals surface area contributed by atoms with E-state index in [1.165, 1.54) is 12.8 Å². The zero-order valence-electron chi connectivity index (χ0n) is 20.6. The highest BCUT2D eigenvalue weighted by Gasteiger charge is 2.39. The van der Waals surface area contributed by atoms with E-state index in [1.54, 1.807) is 11.1 Å². The van der Waals surface area contributed by atoms with E-state index in [0.29, 0.717) is 17.1 Å². The van der Waals surface area contributed by atoms with Crippen molar-refractivity contribution in [3.05, 3.63) is 29.6 Å². The molecule has 2 saturated carbocycles. The van der Waals surface area contributed by atoms with Gasteiger partial charge in [0, 0.05) is 25.0 Å². The van der Waals surface area contributed by atoms with Crippen molar-refractivity contribution in [2.75, 3.05) is 18.5 Å². The molecule has 4 aliphatic rings. The van der Waals surface area contributed by atoms with Gasteiger partial charge in [-0.3, -0.25) is 10.2 Å². The number of rotatable bonds is 6. The summed E-state index contributed by atoms with van der Waals surface area (Å²) in [6.45, 7) is 3.86. The quantitative estimate of drug-likeness (QED) is 0.418. The highest BCUT2D eigenvalue weighted by molar-refractivity contribution is 6.68. The second-order valence-corrected chi connectivity index (χ2v) is 10.5. The summed E-state index contributed by atoms with van der Waals surface area (Å²) in [6.07, 6.45) is 8.40. The van der Waals surface area contributed by atoms with E-state index in [4.69, 9.17) is 0 Å². The first kappa shape index (κ1) is 23.1. The number of nitrogens with zero attached hydrogens (tertiary/aromatic N) is 7. The van der Waals surface area contributed by atoms with Gasteiger partial charge in [-0.25, -0.2) is 10.1 Å². The minimum atomic E-state index is -0.170. The number of aromatic amines is 1. The van der Waals surface area contributed by atoms with Gasteiger partial charge in [-0.05, 0) is 79.8 Å². The van der Waals surface area contributed by atoms with Gasteiger partial charge in [0.2, 0.25) is 0 Å². The number of piperidine rings is 1. The predicted octanol–water partition coefficient (Wildman–Crippen LogP) is 2.96. The Morgan fingerprint density at radius 1 is 1.08 bits per heavy atom. The highest BCUT2D eigenvalue weighted by atomic mass is 16.3. The summed E-state index contributed by atoms with van der Waals surface area (Å²) < 4.78 is 0. The lowest BCUT2D eigenvalue weighted by Gasteiger charge is -2.34. The van der Waals surface area contributed by atoms with Crippen LogP contribution < -0.4 is 5.43 Å². The van der Waals surface area contributed by atoms with Crippen molar-refractivity contribution in [1.29, 1.82) is 0 Å². The minimum absolute atomic E-state index is 0.116. The zero-order chi connectivity index (χ0) is 24.6. The van der Waals surface area contributed by atoms with Gasteiger partial charge in [0.25, 0.3) is 5.91 Å². The Bertz CT molecular complexity index is 1170. The lowest BCUT2D eigenvalue weighted by atomic mass is 9.77. The third-order valence-electron chi connectivity index (χ3n) is 8.14. The molecule has 2 aliphatic heterocycles. The molecule has 3 N–H and O–H groups in total. The topological polar surface area (TPSA) is 135 Å². The molecule has 0 bridgehead atoms. The first-order chi connectivity index (χ1) is 17.6. The molecule has 3 fully saturated rings. The number of amides is 1.